The quantitative estimate of drug-likeness (QED) is 0.787. The molecule has 0 spiro atoms. The van der Waals surface area contributed by atoms with Gasteiger partial charge in [-0.2, -0.15) is 0 Å². The molecule has 0 bridgehead atoms. The van der Waals surface area contributed by atoms with Crippen LogP contribution in [0.3, 0.4) is 0 Å². The Hall–Kier alpha value is -0.610. The number of hydrogen-bond donors (Lipinski definition) is 1. The van der Waals surface area contributed by atoms with Gasteiger partial charge in [0, 0.05) is 32.3 Å². The minimum Gasteiger partial charge on any atom is -0.381 e. The molecular weight excluding hydrogens is 216 g/mol. The summed E-state index contributed by atoms with van der Waals surface area (Å²) in [5, 5.41) is 3.41. The van der Waals surface area contributed by atoms with Crippen molar-refractivity contribution in [2.75, 3.05) is 20.3 Å². The monoisotopic (exact) mass is 240 g/mol. The van der Waals surface area contributed by atoms with E-state index < -0.39 is 0 Å². The van der Waals surface area contributed by atoms with E-state index >= 15 is 0 Å². The molecule has 1 amide bonds. The number of nitrogens with one attached hydrogen (secondary N) is 1. The molecule has 0 radical (unpaired) electrons. The van der Waals surface area contributed by atoms with E-state index in [-0.39, 0.29) is 11.9 Å². The highest BCUT2D eigenvalue weighted by Gasteiger charge is 2.30. The van der Waals surface area contributed by atoms with Gasteiger partial charge < -0.3 is 15.0 Å². The van der Waals surface area contributed by atoms with Crippen molar-refractivity contribution in [3.05, 3.63) is 0 Å². The minimum absolute atomic E-state index is 0.0339. The van der Waals surface area contributed by atoms with Crippen LogP contribution in [0.25, 0.3) is 0 Å². The molecule has 0 aromatic carbocycles. The molecule has 2 fully saturated rings. The number of amides is 1. The molecule has 4 nitrogen and oxygen atoms in total. The molecule has 17 heavy (non-hydrogen) atoms. The van der Waals surface area contributed by atoms with Gasteiger partial charge in [0.1, 0.15) is 0 Å². The highest BCUT2D eigenvalue weighted by Crippen LogP contribution is 2.18. The Kier molecular flexibility index (Phi) is 4.40. The third kappa shape index (κ3) is 3.19. The van der Waals surface area contributed by atoms with Gasteiger partial charge in [0.2, 0.25) is 5.91 Å². The summed E-state index contributed by atoms with van der Waals surface area (Å²) < 4.78 is 5.34. The van der Waals surface area contributed by atoms with Crippen molar-refractivity contribution < 1.29 is 9.53 Å². The molecule has 4 heteroatoms. The van der Waals surface area contributed by atoms with Crippen molar-refractivity contribution in [2.24, 2.45) is 0 Å². The summed E-state index contributed by atoms with van der Waals surface area (Å²) in [5.74, 6) is 0.267. The molecule has 2 aliphatic rings. The highest BCUT2D eigenvalue weighted by atomic mass is 16.5. The second kappa shape index (κ2) is 5.83. The van der Waals surface area contributed by atoms with E-state index in [1.54, 1.807) is 0 Å². The molecule has 98 valence electrons. The fourth-order valence-electron chi connectivity index (χ4n) is 2.83. The standard InChI is InChI=1S/C13H24N2O2/c1-10-4-3-5-12(14-10)13(16)15(2)11-6-8-17-9-7-11/h10-12,14H,3-9H2,1-2H3. The topological polar surface area (TPSA) is 41.6 Å². The Morgan fingerprint density at radius 3 is 2.59 bits per heavy atom. The van der Waals surface area contributed by atoms with E-state index in [2.05, 4.69) is 12.2 Å². The van der Waals surface area contributed by atoms with Crippen molar-refractivity contribution in [3.63, 3.8) is 0 Å². The van der Waals surface area contributed by atoms with E-state index in [0.717, 1.165) is 38.9 Å². The van der Waals surface area contributed by atoms with Gasteiger partial charge >= 0.3 is 0 Å². The average Bonchev–Trinajstić information content (AvgIpc) is 2.38. The van der Waals surface area contributed by atoms with Crippen LogP contribution in [0.15, 0.2) is 0 Å². The Bertz CT molecular complexity index is 264. The molecule has 0 aliphatic carbocycles. The Morgan fingerprint density at radius 1 is 1.24 bits per heavy atom. The van der Waals surface area contributed by atoms with Crippen LogP contribution in [-0.4, -0.2) is 49.2 Å². The first-order valence-electron chi connectivity index (χ1n) is 6.79. The highest BCUT2D eigenvalue weighted by molar-refractivity contribution is 5.82. The lowest BCUT2D eigenvalue weighted by Crippen LogP contribution is -2.53. The Morgan fingerprint density at radius 2 is 1.94 bits per heavy atom. The van der Waals surface area contributed by atoms with E-state index in [1.165, 1.54) is 6.42 Å². The van der Waals surface area contributed by atoms with Crippen LogP contribution in [0.5, 0.6) is 0 Å². The predicted molar refractivity (Wildman–Crippen MR) is 66.8 cm³/mol. The fourth-order valence-corrected chi connectivity index (χ4v) is 2.83. The van der Waals surface area contributed by atoms with Crippen LogP contribution >= 0.6 is 0 Å². The molecule has 2 rings (SSSR count). The predicted octanol–water partition coefficient (Wildman–Crippen LogP) is 1.15. The Labute approximate surface area is 104 Å². The molecule has 2 unspecified atom stereocenters. The van der Waals surface area contributed by atoms with Gasteiger partial charge in [-0.1, -0.05) is 0 Å². The number of piperidine rings is 1. The summed E-state index contributed by atoms with van der Waals surface area (Å²) in [6.45, 7) is 3.74. The minimum atomic E-state index is 0.0339. The smallest absolute Gasteiger partial charge is 0.239 e. The van der Waals surface area contributed by atoms with Crippen LogP contribution in [-0.2, 0) is 9.53 Å². The number of carbonyl (C=O) groups excluding carboxylic acids is 1. The number of ether oxygens (including phenoxy) is 1. The van der Waals surface area contributed by atoms with Gasteiger partial charge in [0.05, 0.1) is 6.04 Å². The number of likely N-dealkylation sites (N-methyl/N-ethyl adjacent to an activating group) is 1. The largest absolute Gasteiger partial charge is 0.381 e. The van der Waals surface area contributed by atoms with E-state index in [0.29, 0.717) is 12.1 Å². The summed E-state index contributed by atoms with van der Waals surface area (Å²) >= 11 is 0. The molecule has 2 aliphatic heterocycles. The second-order valence-corrected chi connectivity index (χ2v) is 5.34. The Balaban J connectivity index is 1.89. The van der Waals surface area contributed by atoms with Crippen LogP contribution in [0.4, 0.5) is 0 Å². The lowest BCUT2D eigenvalue weighted by molar-refractivity contribution is -0.136. The maximum absolute atomic E-state index is 12.4. The van der Waals surface area contributed by atoms with Crippen LogP contribution in [0.1, 0.15) is 39.0 Å². The molecule has 2 atom stereocenters. The van der Waals surface area contributed by atoms with E-state index in [1.807, 2.05) is 11.9 Å². The van der Waals surface area contributed by atoms with Crippen LogP contribution < -0.4 is 5.32 Å². The molecular formula is C13H24N2O2. The molecule has 1 N–H and O–H groups in total. The molecule has 2 saturated heterocycles. The van der Waals surface area contributed by atoms with E-state index in [4.69, 9.17) is 4.74 Å². The third-order valence-corrected chi connectivity index (χ3v) is 4.00. The van der Waals surface area contributed by atoms with Gasteiger partial charge in [-0.15, -0.1) is 0 Å². The lowest BCUT2D eigenvalue weighted by Gasteiger charge is -2.36. The van der Waals surface area contributed by atoms with Crippen molar-refractivity contribution in [1.82, 2.24) is 10.2 Å². The van der Waals surface area contributed by atoms with Crippen molar-refractivity contribution >= 4 is 5.91 Å². The first-order valence-corrected chi connectivity index (χ1v) is 6.79. The van der Waals surface area contributed by atoms with Gasteiger partial charge in [-0.3, -0.25) is 4.79 Å². The first-order chi connectivity index (χ1) is 8.18. The van der Waals surface area contributed by atoms with Gasteiger partial charge in [0.25, 0.3) is 0 Å². The zero-order valence-electron chi connectivity index (χ0n) is 10.9. The van der Waals surface area contributed by atoms with E-state index in [9.17, 15) is 4.79 Å². The number of carbonyl (C=O) groups is 1. The van der Waals surface area contributed by atoms with Gasteiger partial charge in [0.15, 0.2) is 0 Å². The summed E-state index contributed by atoms with van der Waals surface area (Å²) in [4.78, 5) is 14.3. The summed E-state index contributed by atoms with van der Waals surface area (Å²) in [7, 11) is 1.94. The first kappa shape index (κ1) is 12.8. The number of rotatable bonds is 2. The van der Waals surface area contributed by atoms with Gasteiger partial charge in [-0.05, 0) is 39.0 Å². The normalized spacial score (nSPS) is 31.2. The molecule has 2 heterocycles. The molecule has 0 aromatic heterocycles. The summed E-state index contributed by atoms with van der Waals surface area (Å²) in [6, 6.07) is 0.877. The average molecular weight is 240 g/mol. The lowest BCUT2D eigenvalue weighted by atomic mass is 9.97. The molecule has 0 saturated carbocycles. The number of hydrogen-bond acceptors (Lipinski definition) is 3. The van der Waals surface area contributed by atoms with Crippen molar-refractivity contribution in [3.8, 4) is 0 Å². The van der Waals surface area contributed by atoms with Crippen molar-refractivity contribution in [1.29, 1.82) is 0 Å². The zero-order valence-corrected chi connectivity index (χ0v) is 10.9. The van der Waals surface area contributed by atoms with Crippen LogP contribution in [0, 0.1) is 0 Å². The van der Waals surface area contributed by atoms with Crippen molar-refractivity contribution in [2.45, 2.75) is 57.2 Å². The summed E-state index contributed by atoms with van der Waals surface area (Å²) in [6.07, 6.45) is 5.28. The second-order valence-electron chi connectivity index (χ2n) is 5.34. The zero-order chi connectivity index (χ0) is 12.3. The molecule has 0 aromatic rings. The fraction of sp³-hybridized carbons (Fsp3) is 0.923. The maximum atomic E-state index is 12.4. The third-order valence-electron chi connectivity index (χ3n) is 4.00. The maximum Gasteiger partial charge on any atom is 0.239 e. The summed E-state index contributed by atoms with van der Waals surface area (Å²) in [5.41, 5.74) is 0. The van der Waals surface area contributed by atoms with Gasteiger partial charge in [-0.25, -0.2) is 0 Å². The van der Waals surface area contributed by atoms with Crippen LogP contribution in [0.2, 0.25) is 0 Å². The SMILES string of the molecule is CC1CCCC(C(=O)N(C)C2CCOCC2)N1. The number of nitrogens with zero attached hydrogens (tertiary/aromatic N) is 1.